The maximum absolute atomic E-state index is 5.43. The molecule has 1 spiro atoms. The zero-order valence-electron chi connectivity index (χ0n) is 37.3. The molecule has 10 aromatic carbocycles. The number of hydrogen-bond acceptors (Lipinski definition) is 5. The monoisotopic (exact) mass is 896 g/mol. The minimum Gasteiger partial charge on any atom is -0.310 e. The maximum Gasteiger partial charge on any atom is 0.164 e. The lowest BCUT2D eigenvalue weighted by molar-refractivity contribution is 0.753. The zero-order chi connectivity index (χ0) is 45.5. The number of thiophene rings is 1. The predicted octanol–water partition coefficient (Wildman–Crippen LogP) is 16.7. The summed E-state index contributed by atoms with van der Waals surface area (Å²) in [5.74, 6) is 1.89. The summed E-state index contributed by atoms with van der Waals surface area (Å²) < 4.78 is 2.60. The highest BCUT2D eigenvalue weighted by atomic mass is 32.1. The third kappa shape index (κ3) is 6.11. The van der Waals surface area contributed by atoms with Gasteiger partial charge in [-0.25, -0.2) is 15.0 Å². The molecule has 0 fully saturated rings. The molecule has 4 nitrogen and oxygen atoms in total. The Kier molecular flexibility index (Phi) is 8.95. The molecule has 0 saturated heterocycles. The van der Waals surface area contributed by atoms with Crippen molar-refractivity contribution in [1.29, 1.82) is 0 Å². The van der Waals surface area contributed by atoms with E-state index in [2.05, 4.69) is 223 Å². The largest absolute Gasteiger partial charge is 0.310 e. The molecule has 0 amide bonds. The van der Waals surface area contributed by atoms with Gasteiger partial charge < -0.3 is 4.90 Å². The number of rotatable bonds is 6. The van der Waals surface area contributed by atoms with Crippen molar-refractivity contribution in [1.82, 2.24) is 15.0 Å². The molecule has 0 radical (unpaired) electrons. The van der Waals surface area contributed by atoms with Gasteiger partial charge in [-0.1, -0.05) is 194 Å². The van der Waals surface area contributed by atoms with E-state index < -0.39 is 5.41 Å². The first-order chi connectivity index (χ1) is 34.2. The van der Waals surface area contributed by atoms with E-state index in [0.717, 1.165) is 50.4 Å². The normalized spacial score (nSPS) is 13.0. The van der Waals surface area contributed by atoms with E-state index in [1.165, 1.54) is 59.1 Å². The van der Waals surface area contributed by atoms with Gasteiger partial charge >= 0.3 is 0 Å². The standard InChI is InChI=1S/C64H40N4S/c1-4-17-41(18-5-1)42-31-33-44(34-32-42)62-65-61(43-19-6-2-7-20-43)66-63(67-62)49-24-16-27-55-60(49)51-40-45(46-36-38-59-50(39-46)48-23-10-15-30-58(48)69-59)35-37-52(51)64(55)53-25-11-13-28-56(53)68(47-21-8-3-9-22-47)57-29-14-12-26-54(57)64/h1-40H. The van der Waals surface area contributed by atoms with Gasteiger partial charge in [0.1, 0.15) is 0 Å². The summed E-state index contributed by atoms with van der Waals surface area (Å²) in [5, 5.41) is 2.57. The SMILES string of the molecule is c1ccc(-c2ccc(-c3nc(-c4ccccc4)nc(-c4cccc5c4-c4cc(-c6ccc7sc8ccccc8c7c6)ccc4C54c5ccccc5N(c5ccccc5)c5ccccc54)n3)cc2)cc1. The highest BCUT2D eigenvalue weighted by molar-refractivity contribution is 7.25. The van der Waals surface area contributed by atoms with Gasteiger partial charge in [-0.05, 0) is 104 Å². The van der Waals surface area contributed by atoms with Crippen molar-refractivity contribution >= 4 is 48.6 Å². The Morgan fingerprint density at radius 2 is 0.826 bits per heavy atom. The summed E-state index contributed by atoms with van der Waals surface area (Å²) in [4.78, 5) is 18.5. The Balaban J connectivity index is 1.04. The molecule has 0 atom stereocenters. The number of aromatic nitrogens is 3. The lowest BCUT2D eigenvalue weighted by Crippen LogP contribution is -2.36. The quantitative estimate of drug-likeness (QED) is 0.167. The fourth-order valence-electron chi connectivity index (χ4n) is 11.1. The number of para-hydroxylation sites is 3. The molecule has 1 aliphatic carbocycles. The number of benzene rings is 10. The molecule has 2 aromatic heterocycles. The van der Waals surface area contributed by atoms with E-state index in [9.17, 15) is 0 Å². The molecule has 0 unspecified atom stereocenters. The molecule has 69 heavy (non-hydrogen) atoms. The van der Waals surface area contributed by atoms with Gasteiger partial charge in [0, 0.05) is 42.6 Å². The van der Waals surface area contributed by atoms with Crippen LogP contribution in [0.4, 0.5) is 17.1 Å². The number of nitrogens with zero attached hydrogens (tertiary/aromatic N) is 4. The average molecular weight is 897 g/mol. The molecule has 1 aliphatic heterocycles. The average Bonchev–Trinajstić information content (AvgIpc) is 3.95. The van der Waals surface area contributed by atoms with Crippen LogP contribution in [0, 0.1) is 0 Å². The second-order valence-electron chi connectivity index (χ2n) is 17.9. The second kappa shape index (κ2) is 15.7. The van der Waals surface area contributed by atoms with Crippen molar-refractivity contribution in [3.8, 4) is 67.5 Å². The first-order valence-corrected chi connectivity index (χ1v) is 24.2. The number of anilines is 3. The van der Waals surface area contributed by atoms with E-state index in [4.69, 9.17) is 15.0 Å². The molecule has 14 rings (SSSR count). The first kappa shape index (κ1) is 39.4. The van der Waals surface area contributed by atoms with Gasteiger partial charge in [-0.15, -0.1) is 11.3 Å². The van der Waals surface area contributed by atoms with E-state index in [1.54, 1.807) is 0 Å². The van der Waals surface area contributed by atoms with E-state index in [1.807, 2.05) is 35.6 Å². The van der Waals surface area contributed by atoms with Crippen molar-refractivity contribution in [2.45, 2.75) is 5.41 Å². The minimum atomic E-state index is -0.670. The topological polar surface area (TPSA) is 41.9 Å². The molecule has 3 heterocycles. The molecule has 5 heteroatoms. The fourth-order valence-corrected chi connectivity index (χ4v) is 12.2. The molecule has 0 saturated carbocycles. The minimum absolute atomic E-state index is 0.626. The van der Waals surface area contributed by atoms with Crippen molar-refractivity contribution in [2.75, 3.05) is 4.90 Å². The van der Waals surface area contributed by atoms with Crippen LogP contribution in [0.1, 0.15) is 22.3 Å². The van der Waals surface area contributed by atoms with Crippen LogP contribution in [0.3, 0.4) is 0 Å². The Bertz CT molecular complexity index is 3910. The summed E-state index contributed by atoms with van der Waals surface area (Å²) in [6, 6.07) is 87.7. The summed E-state index contributed by atoms with van der Waals surface area (Å²) in [6.45, 7) is 0. The van der Waals surface area contributed by atoms with Crippen molar-refractivity contribution in [2.24, 2.45) is 0 Å². The van der Waals surface area contributed by atoms with Gasteiger partial charge in [-0.3, -0.25) is 0 Å². The van der Waals surface area contributed by atoms with Crippen LogP contribution in [0.25, 0.3) is 87.7 Å². The summed E-state index contributed by atoms with van der Waals surface area (Å²) >= 11 is 1.85. The third-order valence-electron chi connectivity index (χ3n) is 14.1. The highest BCUT2D eigenvalue weighted by Gasteiger charge is 2.52. The van der Waals surface area contributed by atoms with Gasteiger partial charge in [0.25, 0.3) is 0 Å². The Morgan fingerprint density at radius 3 is 1.55 bits per heavy atom. The zero-order valence-corrected chi connectivity index (χ0v) is 38.1. The van der Waals surface area contributed by atoms with Gasteiger partial charge in [0.15, 0.2) is 17.5 Å². The van der Waals surface area contributed by atoms with E-state index >= 15 is 0 Å². The molecular weight excluding hydrogens is 857 g/mol. The fraction of sp³-hybridized carbons (Fsp3) is 0.0156. The molecule has 322 valence electrons. The van der Waals surface area contributed by atoms with Crippen molar-refractivity contribution in [3.05, 3.63) is 265 Å². The van der Waals surface area contributed by atoms with Crippen LogP contribution in [0.2, 0.25) is 0 Å². The summed E-state index contributed by atoms with van der Waals surface area (Å²) in [5.41, 5.74) is 17.4. The Hall–Kier alpha value is -8.77. The molecule has 2 aliphatic rings. The second-order valence-corrected chi connectivity index (χ2v) is 19.0. The molecule has 0 N–H and O–H groups in total. The molecular formula is C64H40N4S. The maximum atomic E-state index is 5.43. The van der Waals surface area contributed by atoms with Crippen molar-refractivity contribution < 1.29 is 0 Å². The molecule has 12 aromatic rings. The van der Waals surface area contributed by atoms with Crippen molar-refractivity contribution in [3.63, 3.8) is 0 Å². The van der Waals surface area contributed by atoms with Crippen LogP contribution >= 0.6 is 11.3 Å². The number of hydrogen-bond donors (Lipinski definition) is 0. The summed E-state index contributed by atoms with van der Waals surface area (Å²) in [6.07, 6.45) is 0. The van der Waals surface area contributed by atoms with Crippen LogP contribution in [0.15, 0.2) is 243 Å². The van der Waals surface area contributed by atoms with Crippen LogP contribution < -0.4 is 4.90 Å². The Labute approximate surface area is 404 Å². The highest BCUT2D eigenvalue weighted by Crippen LogP contribution is 2.64. The summed E-state index contributed by atoms with van der Waals surface area (Å²) in [7, 11) is 0. The smallest absolute Gasteiger partial charge is 0.164 e. The Morgan fingerprint density at radius 1 is 0.319 bits per heavy atom. The lowest BCUT2D eigenvalue weighted by Gasteiger charge is -2.45. The van der Waals surface area contributed by atoms with Crippen LogP contribution in [-0.2, 0) is 5.41 Å². The number of fused-ring (bicyclic) bond motifs is 12. The third-order valence-corrected chi connectivity index (χ3v) is 15.3. The van der Waals surface area contributed by atoms with E-state index in [-0.39, 0.29) is 0 Å². The van der Waals surface area contributed by atoms with Gasteiger partial charge in [0.05, 0.1) is 16.8 Å². The van der Waals surface area contributed by atoms with E-state index in [0.29, 0.717) is 17.5 Å². The first-order valence-electron chi connectivity index (χ1n) is 23.4. The molecule has 0 bridgehead atoms. The van der Waals surface area contributed by atoms with Crippen LogP contribution in [-0.4, -0.2) is 15.0 Å². The van der Waals surface area contributed by atoms with Crippen LogP contribution in [0.5, 0.6) is 0 Å². The lowest BCUT2D eigenvalue weighted by atomic mass is 9.64. The predicted molar refractivity (Wildman–Crippen MR) is 285 cm³/mol. The van der Waals surface area contributed by atoms with Gasteiger partial charge in [0.2, 0.25) is 0 Å². The van der Waals surface area contributed by atoms with Gasteiger partial charge in [-0.2, -0.15) is 0 Å².